The Balaban J connectivity index is 1.72. The summed E-state index contributed by atoms with van der Waals surface area (Å²) < 4.78 is 11.0. The fourth-order valence-electron chi connectivity index (χ4n) is 2.42. The predicted molar refractivity (Wildman–Crippen MR) is 90.9 cm³/mol. The molecule has 0 saturated heterocycles. The topological polar surface area (TPSA) is 79.1 Å². The molecule has 3 aromatic rings. The Kier molecular flexibility index (Phi) is 4.80. The number of H-pyrrole nitrogens is 2. The molecule has 0 aliphatic heterocycles. The summed E-state index contributed by atoms with van der Waals surface area (Å²) in [4.78, 5) is 16.7. The fraction of sp³-hybridized carbons (Fsp3) is 0.188. The first-order valence-electron chi connectivity index (χ1n) is 7.38. The Bertz CT molecular complexity index is 816. The third-order valence-corrected chi connectivity index (χ3v) is 3.58. The maximum Gasteiger partial charge on any atom is 0.361 e. The number of rotatable bonds is 7. The second-order valence-electron chi connectivity index (χ2n) is 5.20. The van der Waals surface area contributed by atoms with Crippen molar-refractivity contribution in [2.45, 2.75) is 6.04 Å². The number of hydrogen-bond donors (Lipinski definition) is 3. The maximum absolute atomic E-state index is 11.3. The number of benzene rings is 2. The van der Waals surface area contributed by atoms with E-state index in [1.165, 1.54) is 0 Å². The predicted octanol–water partition coefficient (Wildman–Crippen LogP) is 1.48. The Labute approximate surface area is 134 Å². The lowest BCUT2D eigenvalue weighted by molar-refractivity contribution is 0.277. The highest BCUT2D eigenvalue weighted by Gasteiger charge is 2.12. The molecule has 3 N–H and O–H groups in total. The van der Waals surface area contributed by atoms with E-state index in [1.807, 2.05) is 48.5 Å². The zero-order chi connectivity index (χ0) is 16.1. The van der Waals surface area contributed by atoms with Gasteiger partial charge in [-0.15, -0.1) is 0 Å². The molecule has 23 heavy (non-hydrogen) atoms. The van der Waals surface area contributed by atoms with Crippen LogP contribution in [0.3, 0.4) is 0 Å². The van der Waals surface area contributed by atoms with Crippen LogP contribution in [-0.4, -0.2) is 31.3 Å². The molecule has 6 nitrogen and oxygen atoms in total. The summed E-state index contributed by atoms with van der Waals surface area (Å²) in [6.07, 6.45) is 0. The van der Waals surface area contributed by atoms with Gasteiger partial charge in [0.1, 0.15) is 12.4 Å². The summed E-state index contributed by atoms with van der Waals surface area (Å²) in [7, 11) is 2.08. The van der Waals surface area contributed by atoms with Gasteiger partial charge in [-0.3, -0.25) is 0 Å². The minimum atomic E-state index is -0.221. The molecule has 0 aliphatic carbocycles. The molecular weight excluding hydrogens is 293 g/mol. The highest BCUT2D eigenvalue weighted by molar-refractivity contribution is 6.23. The minimum absolute atomic E-state index is 0.0112. The fourth-order valence-corrected chi connectivity index (χ4v) is 2.42. The van der Waals surface area contributed by atoms with Crippen LogP contribution in [0.25, 0.3) is 11.0 Å². The molecular formula is C16H18BN3O3. The van der Waals surface area contributed by atoms with Crippen molar-refractivity contribution < 1.29 is 9.39 Å². The van der Waals surface area contributed by atoms with Gasteiger partial charge in [-0.25, -0.2) is 4.79 Å². The largest absolute Gasteiger partial charge is 0.492 e. The normalized spacial score (nSPS) is 12.2. The second kappa shape index (κ2) is 7.17. The van der Waals surface area contributed by atoms with Gasteiger partial charge in [0.15, 0.2) is 0 Å². The quantitative estimate of drug-likeness (QED) is 0.578. The zero-order valence-electron chi connectivity index (χ0n) is 12.8. The van der Waals surface area contributed by atoms with E-state index >= 15 is 0 Å². The molecule has 1 atom stereocenters. The number of hydrogen-bond acceptors (Lipinski definition) is 4. The number of fused-ring (bicyclic) bond motifs is 1. The van der Waals surface area contributed by atoms with Crippen LogP contribution in [0.5, 0.6) is 5.75 Å². The lowest BCUT2D eigenvalue weighted by atomic mass is 10.0. The SMILES string of the molecule is COBN[C@@H](COc1ccc2[nH]c(=O)[nH]c2c1)c1ccccc1. The van der Waals surface area contributed by atoms with Gasteiger partial charge < -0.3 is 24.6 Å². The summed E-state index contributed by atoms with van der Waals surface area (Å²) in [6, 6.07) is 15.5. The minimum Gasteiger partial charge on any atom is -0.492 e. The van der Waals surface area contributed by atoms with E-state index in [2.05, 4.69) is 15.2 Å². The number of aromatic amines is 2. The van der Waals surface area contributed by atoms with Gasteiger partial charge in [0.2, 0.25) is 0 Å². The standard InChI is InChI=1S/C16H18BN3O3/c1-22-17-20-15(11-5-3-2-4-6-11)10-23-12-7-8-13-14(9-12)19-16(21)18-13/h2-9,15,17,20H,10H2,1H3,(H2,18,19,21)/t15-/m0/s1. The number of nitrogens with one attached hydrogen (secondary N) is 3. The van der Waals surface area contributed by atoms with E-state index < -0.39 is 0 Å². The molecule has 0 bridgehead atoms. The van der Waals surface area contributed by atoms with Crippen molar-refractivity contribution in [3.05, 3.63) is 64.6 Å². The van der Waals surface area contributed by atoms with Crippen LogP contribution in [0, 0.1) is 0 Å². The molecule has 0 unspecified atom stereocenters. The molecule has 2 aromatic carbocycles. The van der Waals surface area contributed by atoms with Gasteiger partial charge in [0.05, 0.1) is 17.1 Å². The van der Waals surface area contributed by atoms with E-state index in [0.717, 1.165) is 16.6 Å². The third-order valence-electron chi connectivity index (χ3n) is 3.58. The zero-order valence-corrected chi connectivity index (χ0v) is 12.8. The van der Waals surface area contributed by atoms with Crippen molar-refractivity contribution in [3.63, 3.8) is 0 Å². The Hall–Kier alpha value is -2.51. The summed E-state index contributed by atoms with van der Waals surface area (Å²) in [5.74, 6) is 0.702. The van der Waals surface area contributed by atoms with Crippen molar-refractivity contribution in [1.82, 2.24) is 15.2 Å². The summed E-state index contributed by atoms with van der Waals surface area (Å²) in [5.41, 5.74) is 2.40. The van der Waals surface area contributed by atoms with E-state index in [1.54, 1.807) is 7.11 Å². The van der Waals surface area contributed by atoms with Gasteiger partial charge in [-0.1, -0.05) is 30.3 Å². The smallest absolute Gasteiger partial charge is 0.361 e. The van der Waals surface area contributed by atoms with Crippen molar-refractivity contribution in [2.24, 2.45) is 0 Å². The molecule has 1 heterocycles. The van der Waals surface area contributed by atoms with Crippen LogP contribution in [0.15, 0.2) is 53.3 Å². The number of ether oxygens (including phenoxy) is 1. The first-order chi connectivity index (χ1) is 11.3. The number of imidazole rings is 1. The van der Waals surface area contributed by atoms with E-state index in [-0.39, 0.29) is 11.7 Å². The van der Waals surface area contributed by atoms with E-state index in [0.29, 0.717) is 20.0 Å². The Morgan fingerprint density at radius 1 is 1.13 bits per heavy atom. The van der Waals surface area contributed by atoms with Crippen LogP contribution in [-0.2, 0) is 4.65 Å². The molecule has 0 fully saturated rings. The van der Waals surface area contributed by atoms with Crippen LogP contribution < -0.4 is 15.7 Å². The summed E-state index contributed by atoms with van der Waals surface area (Å²) in [5, 5.41) is 3.29. The third kappa shape index (κ3) is 3.83. The average molecular weight is 311 g/mol. The molecule has 0 aliphatic rings. The van der Waals surface area contributed by atoms with Gasteiger partial charge in [0.25, 0.3) is 0 Å². The van der Waals surface area contributed by atoms with Gasteiger partial charge in [-0.2, -0.15) is 0 Å². The molecule has 118 valence electrons. The van der Waals surface area contributed by atoms with Crippen molar-refractivity contribution in [2.75, 3.05) is 13.7 Å². The van der Waals surface area contributed by atoms with Gasteiger partial charge in [-0.05, 0) is 17.7 Å². The lowest BCUT2D eigenvalue weighted by Crippen LogP contribution is -2.31. The van der Waals surface area contributed by atoms with E-state index in [4.69, 9.17) is 9.39 Å². The van der Waals surface area contributed by atoms with Crippen molar-refractivity contribution in [3.8, 4) is 5.75 Å². The van der Waals surface area contributed by atoms with Crippen LogP contribution in [0.2, 0.25) is 0 Å². The molecule has 0 spiro atoms. The van der Waals surface area contributed by atoms with Gasteiger partial charge in [0, 0.05) is 13.2 Å². The summed E-state index contributed by atoms with van der Waals surface area (Å²) >= 11 is 0. The monoisotopic (exact) mass is 311 g/mol. The van der Waals surface area contributed by atoms with Crippen LogP contribution in [0.4, 0.5) is 0 Å². The molecule has 1 aromatic heterocycles. The molecule has 3 rings (SSSR count). The molecule has 0 radical (unpaired) electrons. The Morgan fingerprint density at radius 2 is 1.91 bits per heavy atom. The van der Waals surface area contributed by atoms with Gasteiger partial charge >= 0.3 is 13.3 Å². The maximum atomic E-state index is 11.3. The summed E-state index contributed by atoms with van der Waals surface area (Å²) in [6.45, 7) is 0.452. The highest BCUT2D eigenvalue weighted by atomic mass is 16.5. The average Bonchev–Trinajstić information content (AvgIpc) is 2.95. The van der Waals surface area contributed by atoms with Crippen LogP contribution >= 0.6 is 0 Å². The Morgan fingerprint density at radius 3 is 2.70 bits per heavy atom. The first-order valence-corrected chi connectivity index (χ1v) is 7.38. The molecule has 7 heteroatoms. The first kappa shape index (κ1) is 15.4. The molecule has 0 amide bonds. The van der Waals surface area contributed by atoms with Crippen molar-refractivity contribution in [1.29, 1.82) is 0 Å². The lowest BCUT2D eigenvalue weighted by Gasteiger charge is -2.19. The van der Waals surface area contributed by atoms with Crippen molar-refractivity contribution >= 4 is 18.7 Å². The highest BCUT2D eigenvalue weighted by Crippen LogP contribution is 2.19. The van der Waals surface area contributed by atoms with E-state index in [9.17, 15) is 4.79 Å². The number of aromatic nitrogens is 2. The van der Waals surface area contributed by atoms with Crippen LogP contribution in [0.1, 0.15) is 11.6 Å². The second-order valence-corrected chi connectivity index (χ2v) is 5.20. The molecule has 0 saturated carbocycles.